The van der Waals surface area contributed by atoms with E-state index >= 15 is 0 Å². The normalized spacial score (nSPS) is 24.8. The number of hydrogen-bond donors (Lipinski definition) is 1. The van der Waals surface area contributed by atoms with Gasteiger partial charge in [0.15, 0.2) is 0 Å². The molecule has 1 unspecified atom stereocenters. The van der Waals surface area contributed by atoms with Gasteiger partial charge in [0.05, 0.1) is 5.69 Å². The summed E-state index contributed by atoms with van der Waals surface area (Å²) >= 11 is 0. The average molecular weight is 299 g/mol. The van der Waals surface area contributed by atoms with Crippen LogP contribution in [0, 0.1) is 5.82 Å². The first-order chi connectivity index (χ1) is 9.48. The van der Waals surface area contributed by atoms with Gasteiger partial charge in [0.2, 0.25) is 10.0 Å². The third-order valence-electron chi connectivity index (χ3n) is 4.14. The van der Waals surface area contributed by atoms with Crippen molar-refractivity contribution in [1.82, 2.24) is 9.21 Å². The highest BCUT2D eigenvalue weighted by atomic mass is 32.2. The second kappa shape index (κ2) is 4.98. The summed E-state index contributed by atoms with van der Waals surface area (Å²) in [6.07, 6.45) is 2.13. The molecule has 1 aromatic carbocycles. The second-order valence-corrected chi connectivity index (χ2v) is 7.28. The van der Waals surface area contributed by atoms with Gasteiger partial charge in [0.25, 0.3) is 0 Å². The van der Waals surface area contributed by atoms with Gasteiger partial charge in [-0.1, -0.05) is 0 Å². The molecule has 0 radical (unpaired) electrons. The van der Waals surface area contributed by atoms with Crippen LogP contribution in [0.5, 0.6) is 0 Å². The van der Waals surface area contributed by atoms with Crippen LogP contribution in [0.2, 0.25) is 0 Å². The summed E-state index contributed by atoms with van der Waals surface area (Å²) in [7, 11) is -3.71. The lowest BCUT2D eigenvalue weighted by Gasteiger charge is -2.36. The maximum Gasteiger partial charge on any atom is 0.245 e. The monoisotopic (exact) mass is 299 g/mol. The first-order valence-electron chi connectivity index (χ1n) is 6.78. The Morgan fingerprint density at radius 2 is 2.05 bits per heavy atom. The zero-order valence-electron chi connectivity index (χ0n) is 11.1. The Morgan fingerprint density at radius 3 is 2.85 bits per heavy atom. The number of rotatable bonds is 2. The minimum Gasteiger partial charge on any atom is -0.398 e. The fourth-order valence-corrected chi connectivity index (χ4v) is 4.65. The number of hydrogen-bond acceptors (Lipinski definition) is 4. The summed E-state index contributed by atoms with van der Waals surface area (Å²) in [5.41, 5.74) is 5.80. The molecule has 2 saturated heterocycles. The topological polar surface area (TPSA) is 66.6 Å². The molecule has 2 aliphatic heterocycles. The molecule has 5 nitrogen and oxygen atoms in total. The molecule has 20 heavy (non-hydrogen) atoms. The summed E-state index contributed by atoms with van der Waals surface area (Å²) in [6, 6.07) is 3.76. The van der Waals surface area contributed by atoms with E-state index in [4.69, 9.17) is 5.73 Å². The highest BCUT2D eigenvalue weighted by Gasteiger charge is 2.36. The molecule has 1 aromatic rings. The molecule has 0 saturated carbocycles. The highest BCUT2D eigenvalue weighted by molar-refractivity contribution is 7.89. The van der Waals surface area contributed by atoms with Gasteiger partial charge in [0.1, 0.15) is 10.7 Å². The summed E-state index contributed by atoms with van der Waals surface area (Å²) in [6.45, 7) is 2.69. The van der Waals surface area contributed by atoms with E-state index in [0.717, 1.165) is 32.0 Å². The third-order valence-corrected chi connectivity index (χ3v) is 6.06. The average Bonchev–Trinajstić information content (AvgIpc) is 2.88. The van der Waals surface area contributed by atoms with Crippen molar-refractivity contribution in [3.8, 4) is 0 Å². The van der Waals surface area contributed by atoms with E-state index in [9.17, 15) is 12.8 Å². The quantitative estimate of drug-likeness (QED) is 0.823. The van der Waals surface area contributed by atoms with Crippen LogP contribution in [-0.2, 0) is 10.0 Å². The van der Waals surface area contributed by atoms with Crippen molar-refractivity contribution >= 4 is 15.7 Å². The van der Waals surface area contributed by atoms with Gasteiger partial charge in [-0.15, -0.1) is 0 Å². The lowest BCUT2D eigenvalue weighted by atomic mass is 10.2. The SMILES string of the molecule is Nc1ccc(F)cc1S(=O)(=O)N1CCN2CCCC2C1. The maximum absolute atomic E-state index is 13.3. The predicted molar refractivity (Wildman–Crippen MR) is 74.2 cm³/mol. The van der Waals surface area contributed by atoms with E-state index in [1.54, 1.807) is 0 Å². The lowest BCUT2D eigenvalue weighted by molar-refractivity contribution is 0.158. The summed E-state index contributed by atoms with van der Waals surface area (Å²) in [5, 5.41) is 0. The Labute approximate surface area is 118 Å². The van der Waals surface area contributed by atoms with Crippen LogP contribution < -0.4 is 5.73 Å². The minimum absolute atomic E-state index is 0.0975. The summed E-state index contributed by atoms with van der Waals surface area (Å²) < 4.78 is 40.0. The third kappa shape index (κ3) is 2.30. The number of sulfonamides is 1. The molecular weight excluding hydrogens is 281 g/mol. The predicted octanol–water partition coefficient (Wildman–Crippen LogP) is 0.877. The number of nitrogens with two attached hydrogens (primary N) is 1. The smallest absolute Gasteiger partial charge is 0.245 e. The number of nitrogen functional groups attached to an aromatic ring is 1. The molecule has 2 fully saturated rings. The van der Waals surface area contributed by atoms with Gasteiger partial charge < -0.3 is 5.73 Å². The fourth-order valence-electron chi connectivity index (χ4n) is 3.05. The van der Waals surface area contributed by atoms with Crippen molar-refractivity contribution < 1.29 is 12.8 Å². The van der Waals surface area contributed by atoms with Crippen LogP contribution in [-0.4, -0.2) is 49.8 Å². The molecule has 0 amide bonds. The molecule has 0 aromatic heterocycles. The first kappa shape index (κ1) is 13.8. The molecule has 3 rings (SSSR count). The number of fused-ring (bicyclic) bond motifs is 1. The molecule has 1 atom stereocenters. The van der Waals surface area contributed by atoms with Crippen molar-refractivity contribution in [2.24, 2.45) is 0 Å². The highest BCUT2D eigenvalue weighted by Crippen LogP contribution is 2.28. The van der Waals surface area contributed by atoms with E-state index in [-0.39, 0.29) is 16.6 Å². The summed E-state index contributed by atoms with van der Waals surface area (Å²) in [5.74, 6) is -0.586. The zero-order chi connectivity index (χ0) is 14.3. The molecule has 110 valence electrons. The lowest BCUT2D eigenvalue weighted by Crippen LogP contribution is -2.51. The zero-order valence-corrected chi connectivity index (χ0v) is 11.9. The Bertz CT molecular complexity index is 620. The number of nitrogens with zero attached hydrogens (tertiary/aromatic N) is 2. The second-order valence-electron chi connectivity index (χ2n) is 5.38. The number of anilines is 1. The van der Waals surface area contributed by atoms with Crippen molar-refractivity contribution in [2.75, 3.05) is 31.9 Å². The Kier molecular flexibility index (Phi) is 3.43. The molecule has 2 heterocycles. The van der Waals surface area contributed by atoms with E-state index in [1.807, 2.05) is 0 Å². The fraction of sp³-hybridized carbons (Fsp3) is 0.538. The number of piperazine rings is 1. The van der Waals surface area contributed by atoms with Gasteiger partial charge in [-0.3, -0.25) is 4.90 Å². The molecule has 7 heteroatoms. The molecule has 2 aliphatic rings. The van der Waals surface area contributed by atoms with Crippen LogP contribution in [0.15, 0.2) is 23.1 Å². The van der Waals surface area contributed by atoms with E-state index in [2.05, 4.69) is 4.90 Å². The summed E-state index contributed by atoms with van der Waals surface area (Å²) in [4.78, 5) is 2.20. The van der Waals surface area contributed by atoms with Crippen molar-refractivity contribution in [3.05, 3.63) is 24.0 Å². The van der Waals surface area contributed by atoms with E-state index in [0.29, 0.717) is 13.1 Å². The van der Waals surface area contributed by atoms with Gasteiger partial charge in [-0.25, -0.2) is 12.8 Å². The molecule has 0 spiro atoms. The minimum atomic E-state index is -3.71. The maximum atomic E-state index is 13.3. The largest absolute Gasteiger partial charge is 0.398 e. The van der Waals surface area contributed by atoms with Crippen LogP contribution in [0.1, 0.15) is 12.8 Å². The van der Waals surface area contributed by atoms with Gasteiger partial charge in [-0.2, -0.15) is 4.31 Å². The van der Waals surface area contributed by atoms with E-state index < -0.39 is 15.8 Å². The molecule has 2 N–H and O–H groups in total. The van der Waals surface area contributed by atoms with Crippen LogP contribution >= 0.6 is 0 Å². The van der Waals surface area contributed by atoms with Gasteiger partial charge in [-0.05, 0) is 37.6 Å². The van der Waals surface area contributed by atoms with Gasteiger partial charge >= 0.3 is 0 Å². The standard InChI is InChI=1S/C13H18FN3O2S/c14-10-3-4-12(15)13(8-10)20(18,19)17-7-6-16-5-1-2-11(16)9-17/h3-4,8,11H,1-2,5-7,9,15H2. The van der Waals surface area contributed by atoms with Crippen LogP contribution in [0.4, 0.5) is 10.1 Å². The van der Waals surface area contributed by atoms with Crippen molar-refractivity contribution in [1.29, 1.82) is 0 Å². The van der Waals surface area contributed by atoms with Crippen molar-refractivity contribution in [2.45, 2.75) is 23.8 Å². The number of halogens is 1. The molecule has 0 bridgehead atoms. The first-order valence-corrected chi connectivity index (χ1v) is 8.22. The molecule has 0 aliphatic carbocycles. The molecular formula is C13H18FN3O2S. The Balaban J connectivity index is 1.90. The van der Waals surface area contributed by atoms with E-state index in [1.165, 1.54) is 16.4 Å². The Morgan fingerprint density at radius 1 is 1.25 bits per heavy atom. The Hall–Kier alpha value is -1.18. The van der Waals surface area contributed by atoms with Crippen LogP contribution in [0.25, 0.3) is 0 Å². The number of benzene rings is 1. The van der Waals surface area contributed by atoms with Crippen LogP contribution in [0.3, 0.4) is 0 Å². The van der Waals surface area contributed by atoms with Gasteiger partial charge in [0, 0.05) is 25.7 Å². The van der Waals surface area contributed by atoms with Crippen molar-refractivity contribution in [3.63, 3.8) is 0 Å².